The van der Waals surface area contributed by atoms with Crippen molar-refractivity contribution in [2.75, 3.05) is 5.73 Å². The van der Waals surface area contributed by atoms with Gasteiger partial charge in [0.2, 0.25) is 0 Å². The van der Waals surface area contributed by atoms with Crippen LogP contribution in [-0.2, 0) is 5.41 Å². The van der Waals surface area contributed by atoms with Gasteiger partial charge in [0.05, 0.1) is 0 Å². The molecule has 0 aromatic heterocycles. The van der Waals surface area contributed by atoms with E-state index in [1.807, 2.05) is 30.3 Å². The number of benzene rings is 3. The van der Waals surface area contributed by atoms with E-state index in [1.165, 1.54) is 88.2 Å². The van der Waals surface area contributed by atoms with Crippen LogP contribution in [0.3, 0.4) is 0 Å². The zero-order chi connectivity index (χ0) is 39.2. The molecule has 4 N–H and O–H groups in total. The van der Waals surface area contributed by atoms with Crippen molar-refractivity contribution in [3.63, 3.8) is 0 Å². The Hall–Kier alpha value is -3.66. The number of nitrogen functional groups attached to an aromatic ring is 1. The molecule has 56 heavy (non-hydrogen) atoms. The summed E-state index contributed by atoms with van der Waals surface area (Å²) in [5, 5.41) is 0. The molecule has 4 fully saturated rings. The Morgan fingerprint density at radius 2 is 1.34 bits per heavy atom. The van der Waals surface area contributed by atoms with Gasteiger partial charge < -0.3 is 20.9 Å². The number of rotatable bonds is 11. The molecule has 0 aliphatic heterocycles. The molecular formula is C52H70N2O2. The van der Waals surface area contributed by atoms with E-state index in [4.69, 9.17) is 20.9 Å². The Morgan fingerprint density at radius 1 is 0.696 bits per heavy atom. The lowest BCUT2D eigenvalue weighted by Gasteiger charge is -2.63. The Kier molecular flexibility index (Phi) is 10.9. The predicted molar refractivity (Wildman–Crippen MR) is 233 cm³/mol. The molecule has 300 valence electrons. The van der Waals surface area contributed by atoms with E-state index in [2.05, 4.69) is 102 Å². The molecule has 0 radical (unpaired) electrons. The lowest BCUT2D eigenvalue weighted by Crippen LogP contribution is -2.55. The molecule has 11 unspecified atom stereocenters. The van der Waals surface area contributed by atoms with Crippen molar-refractivity contribution in [3.05, 3.63) is 108 Å². The van der Waals surface area contributed by atoms with Crippen molar-refractivity contribution >= 4 is 5.69 Å². The van der Waals surface area contributed by atoms with Gasteiger partial charge in [-0.3, -0.25) is 0 Å². The van der Waals surface area contributed by atoms with Crippen LogP contribution in [0.5, 0.6) is 17.2 Å². The fourth-order valence-electron chi connectivity index (χ4n) is 13.5. The smallest absolute Gasteiger partial charge is 0.127 e. The summed E-state index contributed by atoms with van der Waals surface area (Å²) in [4.78, 5) is 0. The fourth-order valence-corrected chi connectivity index (χ4v) is 13.5. The van der Waals surface area contributed by atoms with Gasteiger partial charge in [0, 0.05) is 22.7 Å². The molecule has 0 saturated heterocycles. The molecule has 0 heterocycles. The molecule has 11 atom stereocenters. The minimum absolute atomic E-state index is 0.0122. The van der Waals surface area contributed by atoms with Crippen molar-refractivity contribution in [1.82, 2.24) is 0 Å². The van der Waals surface area contributed by atoms with Gasteiger partial charge >= 0.3 is 0 Å². The standard InChI is InChI=1S/C52H70N2O2/c1-34(2)8-7-9-35(3)46-25-26-47-45-24-14-39-33-52(31-30-50(39,5)48(45)28-29-51(46,47)6,37-10-18-42(19-11-37)55-43-22-15-40(53)16-23-43)38-12-20-44(21-13-38)56-49-27-17-41(54)32-36(49)4/h10-13,15-23,27,32,34-36,39,45-49H,7-9,14,24-26,28-31,33,53-54H2,1-6H3. The van der Waals surface area contributed by atoms with E-state index < -0.39 is 0 Å². The molecule has 4 nitrogen and oxygen atoms in total. The largest absolute Gasteiger partial charge is 0.486 e. The third kappa shape index (κ3) is 7.33. The van der Waals surface area contributed by atoms with Crippen LogP contribution in [0.15, 0.2) is 96.7 Å². The topological polar surface area (TPSA) is 70.5 Å². The van der Waals surface area contributed by atoms with Gasteiger partial charge in [-0.1, -0.05) is 91.1 Å². The first-order valence-corrected chi connectivity index (χ1v) is 22.4. The summed E-state index contributed by atoms with van der Waals surface area (Å²) >= 11 is 0. The highest BCUT2D eigenvalue weighted by molar-refractivity contribution is 5.47. The first kappa shape index (κ1) is 39.2. The van der Waals surface area contributed by atoms with Crippen LogP contribution in [0.1, 0.15) is 130 Å². The Morgan fingerprint density at radius 3 is 2.00 bits per heavy atom. The van der Waals surface area contributed by atoms with Crippen LogP contribution in [0, 0.1) is 58.2 Å². The molecule has 0 spiro atoms. The number of anilines is 1. The van der Waals surface area contributed by atoms with Gasteiger partial charge in [-0.2, -0.15) is 0 Å². The van der Waals surface area contributed by atoms with Gasteiger partial charge in [-0.25, -0.2) is 0 Å². The molecule has 4 saturated carbocycles. The highest BCUT2D eigenvalue weighted by Crippen LogP contribution is 2.70. The number of hydrogen-bond donors (Lipinski definition) is 2. The summed E-state index contributed by atoms with van der Waals surface area (Å²) < 4.78 is 12.8. The predicted octanol–water partition coefficient (Wildman–Crippen LogP) is 13.3. The molecule has 8 rings (SSSR count). The summed E-state index contributed by atoms with van der Waals surface area (Å²) in [5.74, 6) is 8.79. The van der Waals surface area contributed by atoms with Crippen molar-refractivity contribution in [2.45, 2.75) is 130 Å². The maximum absolute atomic E-state index is 6.52. The first-order valence-electron chi connectivity index (χ1n) is 22.4. The van der Waals surface area contributed by atoms with Crippen LogP contribution >= 0.6 is 0 Å². The second kappa shape index (κ2) is 15.6. The summed E-state index contributed by atoms with van der Waals surface area (Å²) in [5.41, 5.74) is 17.3. The average molecular weight is 755 g/mol. The quantitative estimate of drug-likeness (QED) is 0.191. The number of allylic oxidation sites excluding steroid dienone is 1. The summed E-state index contributed by atoms with van der Waals surface area (Å²) in [6.45, 7) is 15.0. The minimum atomic E-state index is -0.0580. The van der Waals surface area contributed by atoms with Gasteiger partial charge in [-0.15, -0.1) is 0 Å². The van der Waals surface area contributed by atoms with Crippen LogP contribution in [0.2, 0.25) is 0 Å². The maximum atomic E-state index is 6.52. The highest BCUT2D eigenvalue weighted by Gasteiger charge is 2.62. The number of hydrogen-bond acceptors (Lipinski definition) is 4. The molecule has 5 aliphatic rings. The molecule has 0 bridgehead atoms. The van der Waals surface area contributed by atoms with E-state index in [0.717, 1.165) is 64.1 Å². The molecule has 3 aromatic carbocycles. The van der Waals surface area contributed by atoms with Crippen LogP contribution < -0.4 is 20.9 Å². The number of ether oxygens (including phenoxy) is 2. The SMILES string of the molecule is CC(C)CCCC(C)C1CCC2C3CCC4CC(c5ccc(Oc6ccc(N)cc6)cc5)(c5ccc(OC6C=CC(N)=CC6C)cc5)CCC4(C)C3CCC12C. The van der Waals surface area contributed by atoms with E-state index in [0.29, 0.717) is 16.7 Å². The number of nitrogens with two attached hydrogens (primary N) is 2. The Balaban J connectivity index is 1.04. The lowest BCUT2D eigenvalue weighted by atomic mass is 9.42. The van der Waals surface area contributed by atoms with Crippen molar-refractivity contribution < 1.29 is 9.47 Å². The highest BCUT2D eigenvalue weighted by atomic mass is 16.5. The van der Waals surface area contributed by atoms with Crippen LogP contribution in [0.4, 0.5) is 5.69 Å². The van der Waals surface area contributed by atoms with Crippen molar-refractivity contribution in [1.29, 1.82) is 0 Å². The zero-order valence-electron chi connectivity index (χ0n) is 35.3. The van der Waals surface area contributed by atoms with E-state index in [1.54, 1.807) is 0 Å². The third-order valence-corrected chi connectivity index (χ3v) is 16.6. The van der Waals surface area contributed by atoms with Crippen molar-refractivity contribution in [3.8, 4) is 17.2 Å². The van der Waals surface area contributed by atoms with E-state index >= 15 is 0 Å². The lowest BCUT2D eigenvalue weighted by molar-refractivity contribution is -0.122. The van der Waals surface area contributed by atoms with Gasteiger partial charge in [0.15, 0.2) is 0 Å². The second-order valence-electron chi connectivity index (χ2n) is 20.2. The number of fused-ring (bicyclic) bond motifs is 5. The van der Waals surface area contributed by atoms with E-state index in [9.17, 15) is 0 Å². The average Bonchev–Trinajstić information content (AvgIpc) is 3.54. The van der Waals surface area contributed by atoms with E-state index in [-0.39, 0.29) is 17.4 Å². The Labute approximate surface area is 338 Å². The fraction of sp³-hybridized carbons (Fsp3) is 0.577. The first-order chi connectivity index (χ1) is 26.9. The molecule has 3 aromatic rings. The molecule has 5 aliphatic carbocycles. The third-order valence-electron chi connectivity index (χ3n) is 16.6. The molecular weight excluding hydrogens is 685 g/mol. The van der Waals surface area contributed by atoms with Gasteiger partial charge in [0.1, 0.15) is 23.4 Å². The van der Waals surface area contributed by atoms with Gasteiger partial charge in [0.25, 0.3) is 0 Å². The summed E-state index contributed by atoms with van der Waals surface area (Å²) in [6, 6.07) is 25.9. The van der Waals surface area contributed by atoms with Crippen LogP contribution in [-0.4, -0.2) is 6.10 Å². The monoisotopic (exact) mass is 755 g/mol. The second-order valence-corrected chi connectivity index (χ2v) is 20.2. The zero-order valence-corrected chi connectivity index (χ0v) is 35.3. The Bertz CT molecular complexity index is 1860. The molecule has 4 heteroatoms. The van der Waals surface area contributed by atoms with Gasteiger partial charge in [-0.05, 0) is 182 Å². The molecule has 0 amide bonds. The van der Waals surface area contributed by atoms with Crippen LogP contribution in [0.25, 0.3) is 0 Å². The minimum Gasteiger partial charge on any atom is -0.486 e. The van der Waals surface area contributed by atoms with Crippen molar-refractivity contribution in [2.24, 2.45) is 63.9 Å². The normalized spacial score (nSPS) is 35.6. The maximum Gasteiger partial charge on any atom is 0.127 e. The summed E-state index contributed by atoms with van der Waals surface area (Å²) in [7, 11) is 0. The summed E-state index contributed by atoms with van der Waals surface area (Å²) in [6.07, 6.45) is 22.6.